The van der Waals surface area contributed by atoms with E-state index in [1.807, 2.05) is 0 Å². The summed E-state index contributed by atoms with van der Waals surface area (Å²) in [4.78, 5) is 24.8. The molecule has 126 valence electrons. The number of nitrogens with one attached hydrogen (secondary N) is 1. The van der Waals surface area contributed by atoms with E-state index in [2.05, 4.69) is 5.32 Å². The predicted octanol–water partition coefficient (Wildman–Crippen LogP) is 3.49. The molecule has 0 aliphatic carbocycles. The summed E-state index contributed by atoms with van der Waals surface area (Å²) in [5.74, 6) is -3.31. The van der Waals surface area contributed by atoms with Gasteiger partial charge in [-0.1, -0.05) is 0 Å². The summed E-state index contributed by atoms with van der Waals surface area (Å²) in [7, 11) is 0. The van der Waals surface area contributed by atoms with Gasteiger partial charge >= 0.3 is 0 Å². The molecule has 0 bridgehead atoms. The van der Waals surface area contributed by atoms with Gasteiger partial charge in [-0.05, 0) is 36.4 Å². The average molecular weight is 336 g/mol. The second-order valence-electron chi connectivity index (χ2n) is 5.07. The Kier molecular flexibility index (Phi) is 5.57. The zero-order chi connectivity index (χ0) is 17.7. The first-order valence-electron chi connectivity index (χ1n) is 7.15. The van der Waals surface area contributed by atoms with Crippen molar-refractivity contribution in [2.24, 2.45) is 0 Å². The van der Waals surface area contributed by atoms with E-state index in [-0.39, 0.29) is 18.7 Å². The standard InChI is InChI=1S/C17H15F3N2O2/c1-11(23)22(14-6-7-15(19)16(20)10-14)9-8-17(24)21-13-4-2-12(18)3-5-13/h2-7,10H,8-9H2,1H3,(H,21,24). The summed E-state index contributed by atoms with van der Waals surface area (Å²) in [6.07, 6.45) is -0.0596. The fourth-order valence-corrected chi connectivity index (χ4v) is 2.09. The number of benzene rings is 2. The van der Waals surface area contributed by atoms with Crippen LogP contribution in [0.1, 0.15) is 13.3 Å². The van der Waals surface area contributed by atoms with E-state index in [1.165, 1.54) is 42.2 Å². The van der Waals surface area contributed by atoms with Crippen LogP contribution in [0, 0.1) is 17.5 Å². The van der Waals surface area contributed by atoms with Crippen LogP contribution in [-0.4, -0.2) is 18.4 Å². The van der Waals surface area contributed by atoms with Gasteiger partial charge in [0.05, 0.1) is 0 Å². The lowest BCUT2D eigenvalue weighted by Gasteiger charge is -2.21. The highest BCUT2D eigenvalue weighted by atomic mass is 19.2. The van der Waals surface area contributed by atoms with Crippen LogP contribution in [0.5, 0.6) is 0 Å². The van der Waals surface area contributed by atoms with Gasteiger partial charge in [-0.2, -0.15) is 0 Å². The maximum Gasteiger partial charge on any atom is 0.226 e. The highest BCUT2D eigenvalue weighted by molar-refractivity contribution is 5.94. The summed E-state index contributed by atoms with van der Waals surface area (Å²) in [5, 5.41) is 2.56. The van der Waals surface area contributed by atoms with Crippen LogP contribution < -0.4 is 10.2 Å². The number of carbonyl (C=O) groups is 2. The molecule has 0 spiro atoms. The zero-order valence-corrected chi connectivity index (χ0v) is 12.9. The highest BCUT2D eigenvalue weighted by Crippen LogP contribution is 2.19. The van der Waals surface area contributed by atoms with Crippen molar-refractivity contribution in [2.75, 3.05) is 16.8 Å². The molecule has 24 heavy (non-hydrogen) atoms. The molecule has 0 aliphatic rings. The van der Waals surface area contributed by atoms with Crippen molar-refractivity contribution in [3.63, 3.8) is 0 Å². The molecule has 2 aromatic carbocycles. The molecular formula is C17H15F3N2O2. The molecule has 1 N–H and O–H groups in total. The van der Waals surface area contributed by atoms with Gasteiger partial charge in [0.1, 0.15) is 5.82 Å². The summed E-state index contributed by atoms with van der Waals surface area (Å²) < 4.78 is 39.1. The maximum atomic E-state index is 13.3. The first-order chi connectivity index (χ1) is 11.4. The van der Waals surface area contributed by atoms with E-state index in [9.17, 15) is 22.8 Å². The normalized spacial score (nSPS) is 10.3. The molecule has 0 saturated heterocycles. The van der Waals surface area contributed by atoms with Crippen molar-refractivity contribution in [1.29, 1.82) is 0 Å². The summed E-state index contributed by atoms with van der Waals surface area (Å²) in [6, 6.07) is 8.31. The predicted molar refractivity (Wildman–Crippen MR) is 84.0 cm³/mol. The topological polar surface area (TPSA) is 49.4 Å². The lowest BCUT2D eigenvalue weighted by molar-refractivity contribution is -0.117. The minimum atomic E-state index is -1.07. The van der Waals surface area contributed by atoms with Crippen LogP contribution in [0.4, 0.5) is 24.5 Å². The number of anilines is 2. The SMILES string of the molecule is CC(=O)N(CCC(=O)Nc1ccc(F)cc1)c1ccc(F)c(F)c1. The summed E-state index contributed by atoms with van der Waals surface area (Å²) in [5.41, 5.74) is 0.583. The Morgan fingerprint density at radius 1 is 1.00 bits per heavy atom. The van der Waals surface area contributed by atoms with E-state index < -0.39 is 29.3 Å². The van der Waals surface area contributed by atoms with E-state index in [4.69, 9.17) is 0 Å². The third-order valence-corrected chi connectivity index (χ3v) is 3.29. The number of amides is 2. The van der Waals surface area contributed by atoms with Crippen molar-refractivity contribution in [1.82, 2.24) is 0 Å². The van der Waals surface area contributed by atoms with Gasteiger partial charge in [-0.25, -0.2) is 13.2 Å². The van der Waals surface area contributed by atoms with Crippen LogP contribution in [0.3, 0.4) is 0 Å². The molecule has 0 radical (unpaired) electrons. The van der Waals surface area contributed by atoms with Crippen molar-refractivity contribution >= 4 is 23.2 Å². The molecule has 0 saturated carbocycles. The molecule has 0 heterocycles. The van der Waals surface area contributed by atoms with Crippen molar-refractivity contribution in [2.45, 2.75) is 13.3 Å². The van der Waals surface area contributed by atoms with E-state index >= 15 is 0 Å². The average Bonchev–Trinajstić information content (AvgIpc) is 2.53. The largest absolute Gasteiger partial charge is 0.326 e. The molecule has 0 fully saturated rings. The van der Waals surface area contributed by atoms with Crippen LogP contribution in [0.15, 0.2) is 42.5 Å². The Balaban J connectivity index is 2.00. The molecule has 2 amide bonds. The Hall–Kier alpha value is -2.83. The maximum absolute atomic E-state index is 13.3. The minimum Gasteiger partial charge on any atom is -0.326 e. The van der Waals surface area contributed by atoms with Crippen molar-refractivity contribution in [3.8, 4) is 0 Å². The second kappa shape index (κ2) is 7.63. The third kappa shape index (κ3) is 4.58. The molecule has 0 unspecified atom stereocenters. The lowest BCUT2D eigenvalue weighted by Crippen LogP contribution is -2.32. The molecule has 7 heteroatoms. The van der Waals surface area contributed by atoms with Gasteiger partial charge < -0.3 is 10.2 Å². The molecule has 0 atom stereocenters. The van der Waals surface area contributed by atoms with Gasteiger partial charge in [-0.3, -0.25) is 9.59 Å². The first kappa shape index (κ1) is 17.5. The fraction of sp³-hybridized carbons (Fsp3) is 0.176. The fourth-order valence-electron chi connectivity index (χ4n) is 2.09. The van der Waals surface area contributed by atoms with Crippen molar-refractivity contribution < 1.29 is 22.8 Å². The molecule has 2 aromatic rings. The van der Waals surface area contributed by atoms with Crippen LogP contribution >= 0.6 is 0 Å². The molecular weight excluding hydrogens is 321 g/mol. The summed E-state index contributed by atoms with van der Waals surface area (Å²) >= 11 is 0. The number of carbonyl (C=O) groups excluding carboxylic acids is 2. The Labute approximate surface area is 136 Å². The van der Waals surface area contributed by atoms with Crippen molar-refractivity contribution in [3.05, 3.63) is 59.9 Å². The second-order valence-corrected chi connectivity index (χ2v) is 5.07. The Morgan fingerprint density at radius 3 is 2.25 bits per heavy atom. The molecule has 0 aromatic heterocycles. The zero-order valence-electron chi connectivity index (χ0n) is 12.9. The van der Waals surface area contributed by atoms with Crippen LogP contribution in [-0.2, 0) is 9.59 Å². The van der Waals surface area contributed by atoms with Gasteiger partial charge in [0.2, 0.25) is 11.8 Å². The molecule has 2 rings (SSSR count). The summed E-state index contributed by atoms with van der Waals surface area (Å²) in [6.45, 7) is 1.26. The lowest BCUT2D eigenvalue weighted by atomic mass is 10.2. The monoisotopic (exact) mass is 336 g/mol. The number of nitrogens with zero attached hydrogens (tertiary/aromatic N) is 1. The van der Waals surface area contributed by atoms with Crippen LogP contribution in [0.25, 0.3) is 0 Å². The van der Waals surface area contributed by atoms with E-state index in [0.717, 1.165) is 12.1 Å². The van der Waals surface area contributed by atoms with E-state index in [1.54, 1.807) is 0 Å². The Morgan fingerprint density at radius 2 is 1.67 bits per heavy atom. The number of rotatable bonds is 5. The van der Waals surface area contributed by atoms with Crippen LogP contribution in [0.2, 0.25) is 0 Å². The van der Waals surface area contributed by atoms with Gasteiger partial charge in [0.25, 0.3) is 0 Å². The highest BCUT2D eigenvalue weighted by Gasteiger charge is 2.15. The minimum absolute atomic E-state index is 0.00651. The number of hydrogen-bond donors (Lipinski definition) is 1. The first-order valence-corrected chi connectivity index (χ1v) is 7.15. The number of hydrogen-bond acceptors (Lipinski definition) is 2. The number of halogens is 3. The van der Waals surface area contributed by atoms with E-state index in [0.29, 0.717) is 5.69 Å². The van der Waals surface area contributed by atoms with Gasteiger partial charge in [0, 0.05) is 37.3 Å². The quantitative estimate of drug-likeness (QED) is 0.909. The Bertz CT molecular complexity index is 748. The van der Waals surface area contributed by atoms with Gasteiger partial charge in [0.15, 0.2) is 11.6 Å². The smallest absolute Gasteiger partial charge is 0.226 e. The van der Waals surface area contributed by atoms with Gasteiger partial charge in [-0.15, -0.1) is 0 Å². The third-order valence-electron chi connectivity index (χ3n) is 3.29. The molecule has 4 nitrogen and oxygen atoms in total. The molecule has 0 aliphatic heterocycles.